The van der Waals surface area contributed by atoms with E-state index in [1.54, 1.807) is 6.20 Å². The van der Waals surface area contributed by atoms with Crippen molar-refractivity contribution in [1.82, 2.24) is 19.9 Å². The van der Waals surface area contributed by atoms with Gasteiger partial charge in [-0.05, 0) is 61.3 Å². The molecule has 45 heavy (non-hydrogen) atoms. The van der Waals surface area contributed by atoms with E-state index < -0.39 is 8.07 Å². The van der Waals surface area contributed by atoms with Gasteiger partial charge in [0.2, 0.25) is 11.9 Å². The normalized spacial score (nSPS) is 14.5. The number of aromatic amines is 1. The van der Waals surface area contributed by atoms with E-state index in [4.69, 9.17) is 0 Å². The molecule has 1 amide bonds. The number of aromatic nitrogens is 3. The van der Waals surface area contributed by atoms with Crippen LogP contribution >= 0.6 is 0 Å². The number of nitrogens with one attached hydrogen (secondary N) is 3. The maximum atomic E-state index is 12.7. The van der Waals surface area contributed by atoms with Gasteiger partial charge in [-0.25, -0.2) is 4.98 Å². The van der Waals surface area contributed by atoms with Crippen LogP contribution in [0.3, 0.4) is 0 Å². The summed E-state index contributed by atoms with van der Waals surface area (Å²) in [6.07, 6.45) is 3.36. The average Bonchev–Trinajstić information content (AvgIpc) is 3.19. The third kappa shape index (κ3) is 8.11. The van der Waals surface area contributed by atoms with Gasteiger partial charge in [-0.2, -0.15) is 4.98 Å². The SMILES string of the molecule is CC(C)[Si](C#Cc1cc(=O)[nH]c2nc(Nc3ccc(N4CCCN(C)CC4)c(NC(=O)CCCO)c3)ncc12)(C(C)C)C(C)C. The fraction of sp³-hybridized carbons (Fsp3) is 0.529. The number of hydrogen-bond acceptors (Lipinski definition) is 8. The fourth-order valence-electron chi connectivity index (χ4n) is 6.67. The third-order valence-corrected chi connectivity index (χ3v) is 15.3. The van der Waals surface area contributed by atoms with E-state index in [0.29, 0.717) is 57.0 Å². The minimum absolute atomic E-state index is 0.0367. The molecule has 4 N–H and O–H groups in total. The smallest absolute Gasteiger partial charge is 0.250 e. The van der Waals surface area contributed by atoms with Gasteiger partial charge < -0.3 is 30.5 Å². The lowest BCUT2D eigenvalue weighted by Gasteiger charge is -2.38. The number of carbonyl (C=O) groups is 1. The van der Waals surface area contributed by atoms with Crippen LogP contribution in [-0.2, 0) is 4.79 Å². The van der Waals surface area contributed by atoms with Gasteiger partial charge in [0.1, 0.15) is 13.7 Å². The van der Waals surface area contributed by atoms with Crippen LogP contribution < -0.4 is 21.1 Å². The topological polar surface area (TPSA) is 126 Å². The summed E-state index contributed by atoms with van der Waals surface area (Å²) < 4.78 is 0. The molecule has 1 aliphatic heterocycles. The lowest BCUT2D eigenvalue weighted by Crippen LogP contribution is -2.43. The van der Waals surface area contributed by atoms with Gasteiger partial charge in [0, 0.05) is 56.2 Å². The van der Waals surface area contributed by atoms with Gasteiger partial charge >= 0.3 is 0 Å². The van der Waals surface area contributed by atoms with Crippen molar-refractivity contribution in [2.24, 2.45) is 0 Å². The molecule has 3 heterocycles. The van der Waals surface area contributed by atoms with Gasteiger partial charge in [-0.3, -0.25) is 9.59 Å². The van der Waals surface area contributed by atoms with E-state index in [2.05, 4.69) is 95.4 Å². The van der Waals surface area contributed by atoms with Crippen molar-refractivity contribution in [3.63, 3.8) is 0 Å². The van der Waals surface area contributed by atoms with Crippen molar-refractivity contribution in [2.75, 3.05) is 55.4 Å². The number of rotatable bonds is 10. The number of H-pyrrole nitrogens is 1. The zero-order valence-electron chi connectivity index (χ0n) is 27.8. The van der Waals surface area contributed by atoms with E-state index in [0.717, 1.165) is 38.3 Å². The number of nitrogens with zero attached hydrogens (tertiary/aromatic N) is 4. The molecule has 2 aromatic heterocycles. The molecule has 0 atom stereocenters. The summed E-state index contributed by atoms with van der Waals surface area (Å²) in [4.78, 5) is 42.1. The molecule has 3 aromatic rings. The van der Waals surface area contributed by atoms with E-state index in [9.17, 15) is 14.7 Å². The Bertz CT molecular complexity index is 1590. The third-order valence-electron chi connectivity index (χ3n) is 9.02. The predicted molar refractivity (Wildman–Crippen MR) is 187 cm³/mol. The van der Waals surface area contributed by atoms with Crippen molar-refractivity contribution in [3.8, 4) is 11.5 Å². The maximum Gasteiger partial charge on any atom is 0.250 e. The molecule has 0 spiro atoms. The van der Waals surface area contributed by atoms with Crippen molar-refractivity contribution >= 4 is 48.0 Å². The summed E-state index contributed by atoms with van der Waals surface area (Å²) in [5.41, 5.74) is 8.25. The summed E-state index contributed by atoms with van der Waals surface area (Å²) in [7, 11) is 0.123. The molecular formula is C34H49N7O3Si. The Balaban J connectivity index is 1.67. The Morgan fingerprint density at radius 2 is 1.80 bits per heavy atom. The largest absolute Gasteiger partial charge is 0.396 e. The minimum atomic E-state index is -2.00. The first-order valence-electron chi connectivity index (χ1n) is 16.1. The molecule has 1 aromatic carbocycles. The number of anilines is 4. The lowest BCUT2D eigenvalue weighted by atomic mass is 10.2. The van der Waals surface area contributed by atoms with Crippen molar-refractivity contribution in [3.05, 3.63) is 46.4 Å². The summed E-state index contributed by atoms with van der Waals surface area (Å²) in [5.74, 6) is 3.56. The summed E-state index contributed by atoms with van der Waals surface area (Å²) in [5, 5.41) is 16.2. The number of benzene rings is 1. The molecule has 242 valence electrons. The first kappa shape index (κ1) is 34.2. The predicted octanol–water partition coefficient (Wildman–Crippen LogP) is 5.48. The summed E-state index contributed by atoms with van der Waals surface area (Å²) in [6, 6.07) is 7.36. The molecule has 0 radical (unpaired) electrons. The van der Waals surface area contributed by atoms with Crippen LogP contribution in [0.5, 0.6) is 0 Å². The van der Waals surface area contributed by atoms with Crippen LogP contribution in [0.1, 0.15) is 66.4 Å². The van der Waals surface area contributed by atoms with Crippen LogP contribution in [0.15, 0.2) is 35.3 Å². The van der Waals surface area contributed by atoms with E-state index in [-0.39, 0.29) is 24.5 Å². The first-order valence-corrected chi connectivity index (χ1v) is 18.4. The summed E-state index contributed by atoms with van der Waals surface area (Å²) in [6.45, 7) is 17.3. The Morgan fingerprint density at radius 3 is 2.49 bits per heavy atom. The number of aliphatic hydroxyl groups excluding tert-OH is 1. The molecule has 1 fully saturated rings. The second-order valence-electron chi connectivity index (χ2n) is 13.0. The van der Waals surface area contributed by atoms with E-state index in [1.165, 1.54) is 6.07 Å². The van der Waals surface area contributed by atoms with Crippen LogP contribution in [-0.4, -0.2) is 78.8 Å². The number of carbonyl (C=O) groups excluding carboxylic acids is 1. The molecule has 10 nitrogen and oxygen atoms in total. The first-order chi connectivity index (χ1) is 21.4. The highest BCUT2D eigenvalue weighted by Gasteiger charge is 2.41. The van der Waals surface area contributed by atoms with Gasteiger partial charge in [-0.15, -0.1) is 5.54 Å². The highest BCUT2D eigenvalue weighted by Crippen LogP contribution is 2.41. The monoisotopic (exact) mass is 631 g/mol. The lowest BCUT2D eigenvalue weighted by molar-refractivity contribution is -0.116. The fourth-order valence-corrected chi connectivity index (χ4v) is 11.9. The second-order valence-corrected chi connectivity index (χ2v) is 18.6. The minimum Gasteiger partial charge on any atom is -0.396 e. The van der Waals surface area contributed by atoms with Crippen molar-refractivity contribution < 1.29 is 9.90 Å². The number of aliphatic hydroxyl groups is 1. The number of likely N-dealkylation sites (N-methyl/N-ethyl adjacent to an activating group) is 1. The van der Waals surface area contributed by atoms with Gasteiger partial charge in [0.05, 0.1) is 16.8 Å². The molecule has 4 rings (SSSR count). The highest BCUT2D eigenvalue weighted by atomic mass is 28.3. The Kier molecular flexibility index (Phi) is 11.4. The average molecular weight is 632 g/mol. The quantitative estimate of drug-likeness (QED) is 0.171. The van der Waals surface area contributed by atoms with Crippen LogP contribution in [0, 0.1) is 11.5 Å². The van der Waals surface area contributed by atoms with E-state index >= 15 is 0 Å². The Hall–Kier alpha value is -3.72. The molecule has 0 bridgehead atoms. The van der Waals surface area contributed by atoms with Crippen LogP contribution in [0.25, 0.3) is 11.0 Å². The summed E-state index contributed by atoms with van der Waals surface area (Å²) >= 11 is 0. The molecular weight excluding hydrogens is 583 g/mol. The number of fused-ring (bicyclic) bond motifs is 1. The number of hydrogen-bond donors (Lipinski definition) is 4. The number of amides is 1. The van der Waals surface area contributed by atoms with Gasteiger partial charge in [0.15, 0.2) is 0 Å². The van der Waals surface area contributed by atoms with E-state index in [1.807, 2.05) is 18.2 Å². The highest BCUT2D eigenvalue weighted by molar-refractivity contribution is 6.90. The standard InChI is InChI=1S/C34H49N7O3Si/c1-23(2)45(24(3)4,25(5)6)19-13-26-20-32(44)38-33-28(26)22-35-34(39-33)36-27-11-12-30(41-15-9-14-40(7)16-17-41)29(21-27)37-31(43)10-8-18-42/h11-12,20-25,42H,8-10,14-18H2,1-7H3,(H,37,43)(H2,35,36,38,39,44). The molecule has 1 saturated heterocycles. The Morgan fingerprint density at radius 1 is 1.07 bits per heavy atom. The zero-order valence-corrected chi connectivity index (χ0v) is 28.8. The van der Waals surface area contributed by atoms with Crippen molar-refractivity contribution in [2.45, 2.75) is 77.4 Å². The molecule has 0 unspecified atom stereocenters. The Labute approximate surface area is 268 Å². The second kappa shape index (κ2) is 15.0. The van der Waals surface area contributed by atoms with Crippen LogP contribution in [0.4, 0.5) is 23.0 Å². The van der Waals surface area contributed by atoms with Crippen molar-refractivity contribution in [1.29, 1.82) is 0 Å². The molecule has 1 aliphatic rings. The van der Waals surface area contributed by atoms with Gasteiger partial charge in [0.25, 0.3) is 5.56 Å². The maximum absolute atomic E-state index is 12.7. The zero-order chi connectivity index (χ0) is 32.7. The van der Waals surface area contributed by atoms with Gasteiger partial charge in [-0.1, -0.05) is 47.5 Å². The molecule has 11 heteroatoms. The molecule has 0 saturated carbocycles. The number of pyridine rings is 1. The van der Waals surface area contributed by atoms with Crippen LogP contribution in [0.2, 0.25) is 16.6 Å². The molecule has 0 aliphatic carbocycles.